The molecule has 0 saturated carbocycles. The third-order valence-electron chi connectivity index (χ3n) is 7.39. The van der Waals surface area contributed by atoms with Crippen molar-refractivity contribution in [1.29, 1.82) is 0 Å². The monoisotopic (exact) mass is 642 g/mol. The first kappa shape index (κ1) is 31.8. The molecule has 5 aromatic rings. The van der Waals surface area contributed by atoms with Crippen LogP contribution in [0.2, 0.25) is 5.02 Å². The van der Waals surface area contributed by atoms with Gasteiger partial charge >= 0.3 is 5.97 Å². The lowest BCUT2D eigenvalue weighted by Gasteiger charge is -2.15. The van der Waals surface area contributed by atoms with Crippen LogP contribution in [0, 0.1) is 6.92 Å². The number of benzene rings is 3. The number of carbonyl (C=O) groups is 3. The van der Waals surface area contributed by atoms with E-state index in [4.69, 9.17) is 23.1 Å². The number of aliphatic carboxylic acids is 1. The fourth-order valence-corrected chi connectivity index (χ4v) is 5.34. The number of aryl methyl sites for hydroxylation is 3. The number of carboxylic acid groups (broad SMARTS) is 1. The number of H-pyrrole nitrogens is 1. The smallest absolute Gasteiger partial charge is 0.326 e. The highest BCUT2D eigenvalue weighted by molar-refractivity contribution is 6.37. The predicted molar refractivity (Wildman–Crippen MR) is 172 cm³/mol. The molecule has 8 N–H and O–H groups in total. The van der Waals surface area contributed by atoms with E-state index < -0.39 is 17.9 Å². The number of tetrazole rings is 1. The molecular formula is C31H31ClN10O4. The zero-order chi connectivity index (χ0) is 32.8. The second-order valence-corrected chi connectivity index (χ2v) is 11.0. The van der Waals surface area contributed by atoms with E-state index in [1.165, 1.54) is 0 Å². The van der Waals surface area contributed by atoms with E-state index in [0.29, 0.717) is 51.9 Å². The summed E-state index contributed by atoms with van der Waals surface area (Å²) in [5.74, 6) is -1.46. The van der Waals surface area contributed by atoms with Gasteiger partial charge in [-0.05, 0) is 79.3 Å². The fraction of sp³-hybridized carbons (Fsp3) is 0.226. The van der Waals surface area contributed by atoms with Crippen LogP contribution < -0.4 is 22.1 Å². The molecule has 0 bridgehead atoms. The van der Waals surface area contributed by atoms with Crippen LogP contribution in [-0.2, 0) is 17.6 Å². The highest BCUT2D eigenvalue weighted by Crippen LogP contribution is 2.31. The van der Waals surface area contributed by atoms with E-state index in [1.54, 1.807) is 48.5 Å². The third-order valence-corrected chi connectivity index (χ3v) is 7.82. The Morgan fingerprint density at radius 2 is 1.78 bits per heavy atom. The molecule has 0 fully saturated rings. The number of carbonyl (C=O) groups excluding carboxylic acids is 2. The van der Waals surface area contributed by atoms with Gasteiger partial charge in [0.25, 0.3) is 11.8 Å². The minimum Gasteiger partial charge on any atom is -0.480 e. The van der Waals surface area contributed by atoms with Gasteiger partial charge in [-0.15, -0.1) is 10.2 Å². The van der Waals surface area contributed by atoms with Gasteiger partial charge in [0.15, 0.2) is 0 Å². The normalized spacial score (nSPS) is 11.7. The summed E-state index contributed by atoms with van der Waals surface area (Å²) < 4.78 is 0. The number of rotatable bonds is 12. The van der Waals surface area contributed by atoms with Gasteiger partial charge in [0.05, 0.1) is 21.5 Å². The molecule has 236 valence electrons. The van der Waals surface area contributed by atoms with E-state index >= 15 is 0 Å². The summed E-state index contributed by atoms with van der Waals surface area (Å²) in [5.41, 5.74) is 16.2. The number of halogens is 1. The van der Waals surface area contributed by atoms with Crippen molar-refractivity contribution in [1.82, 2.24) is 41.2 Å². The molecule has 0 aliphatic heterocycles. The molecule has 2 aromatic heterocycles. The number of hydrogen-bond donors (Lipinski definition) is 6. The van der Waals surface area contributed by atoms with Gasteiger partial charge in [-0.3, -0.25) is 9.59 Å². The highest BCUT2D eigenvalue weighted by atomic mass is 35.5. The van der Waals surface area contributed by atoms with Crippen LogP contribution >= 0.6 is 11.6 Å². The Labute approximate surface area is 268 Å². The van der Waals surface area contributed by atoms with E-state index in [-0.39, 0.29) is 36.5 Å². The minimum absolute atomic E-state index is 0.0759. The molecule has 14 nitrogen and oxygen atoms in total. The number of amides is 2. The number of carboxylic acids is 1. The Hall–Kier alpha value is -5.63. The maximum Gasteiger partial charge on any atom is 0.326 e. The van der Waals surface area contributed by atoms with Crippen molar-refractivity contribution in [2.24, 2.45) is 0 Å². The summed E-state index contributed by atoms with van der Waals surface area (Å²) in [5, 5.41) is 29.9. The summed E-state index contributed by atoms with van der Waals surface area (Å²) in [6.45, 7) is 2.08. The lowest BCUT2D eigenvalue weighted by atomic mass is 10.0. The molecule has 0 aliphatic rings. The number of nitrogens with zero attached hydrogens (tertiary/aromatic N) is 5. The van der Waals surface area contributed by atoms with Crippen molar-refractivity contribution in [3.8, 4) is 11.4 Å². The lowest BCUT2D eigenvalue weighted by molar-refractivity contribution is -0.139. The van der Waals surface area contributed by atoms with Gasteiger partial charge in [-0.25, -0.2) is 9.78 Å². The molecule has 5 rings (SSSR count). The number of fused-ring (bicyclic) bond motifs is 1. The van der Waals surface area contributed by atoms with Crippen LogP contribution in [-0.4, -0.2) is 66.1 Å². The molecule has 0 aliphatic carbocycles. The molecule has 2 heterocycles. The van der Waals surface area contributed by atoms with Crippen molar-refractivity contribution in [2.45, 2.75) is 38.6 Å². The average molecular weight is 643 g/mol. The molecule has 0 spiro atoms. The summed E-state index contributed by atoms with van der Waals surface area (Å²) in [4.78, 5) is 45.8. The maximum absolute atomic E-state index is 12.9. The van der Waals surface area contributed by atoms with E-state index in [2.05, 4.69) is 41.2 Å². The van der Waals surface area contributed by atoms with Gasteiger partial charge in [-0.2, -0.15) is 10.2 Å². The van der Waals surface area contributed by atoms with Crippen LogP contribution in [0.15, 0.2) is 54.6 Å². The van der Waals surface area contributed by atoms with Crippen molar-refractivity contribution >= 4 is 52.1 Å². The van der Waals surface area contributed by atoms with Gasteiger partial charge in [0.1, 0.15) is 11.9 Å². The molecule has 0 unspecified atom stereocenters. The number of aromatic nitrogens is 6. The molecule has 46 heavy (non-hydrogen) atoms. The SMILES string of the molecule is Cc1ccc(C(=O)NCCC[C@H](NC(=O)c2ccc(CCc3ccc4nc(N)nc(N)c4c3Cl)cc2)C(=O)O)c(-c2nn[nH]n2)c1. The highest BCUT2D eigenvalue weighted by Gasteiger charge is 2.21. The third kappa shape index (κ3) is 7.35. The number of anilines is 2. The van der Waals surface area contributed by atoms with Crippen molar-refractivity contribution in [3.05, 3.63) is 87.4 Å². The maximum atomic E-state index is 12.9. The first-order valence-electron chi connectivity index (χ1n) is 14.4. The number of nitrogen functional groups attached to an aromatic ring is 2. The van der Waals surface area contributed by atoms with Crippen LogP contribution in [0.1, 0.15) is 50.2 Å². The lowest BCUT2D eigenvalue weighted by Crippen LogP contribution is -2.41. The van der Waals surface area contributed by atoms with Crippen LogP contribution in [0.5, 0.6) is 0 Å². The van der Waals surface area contributed by atoms with E-state index in [1.807, 2.05) is 13.0 Å². The first-order chi connectivity index (χ1) is 22.1. The summed E-state index contributed by atoms with van der Waals surface area (Å²) in [7, 11) is 0. The summed E-state index contributed by atoms with van der Waals surface area (Å²) >= 11 is 6.60. The summed E-state index contributed by atoms with van der Waals surface area (Å²) in [6.07, 6.45) is 1.66. The topological polar surface area (TPSA) is 228 Å². The van der Waals surface area contributed by atoms with Crippen molar-refractivity contribution in [3.63, 3.8) is 0 Å². The minimum atomic E-state index is -1.17. The second-order valence-electron chi connectivity index (χ2n) is 10.6. The Kier molecular flexibility index (Phi) is 9.67. The van der Waals surface area contributed by atoms with Crippen LogP contribution in [0.4, 0.5) is 11.8 Å². The predicted octanol–water partition coefficient (Wildman–Crippen LogP) is 3.11. The molecular weight excluding hydrogens is 612 g/mol. The number of nitrogens with one attached hydrogen (secondary N) is 3. The van der Waals surface area contributed by atoms with E-state index in [0.717, 1.165) is 16.7 Å². The molecule has 0 saturated heterocycles. The van der Waals surface area contributed by atoms with Crippen molar-refractivity contribution in [2.75, 3.05) is 18.0 Å². The van der Waals surface area contributed by atoms with Crippen LogP contribution in [0.3, 0.4) is 0 Å². The number of nitrogens with two attached hydrogens (primary N) is 2. The number of aromatic amines is 1. The fourth-order valence-electron chi connectivity index (χ4n) is 4.99. The Morgan fingerprint density at radius 1 is 1.00 bits per heavy atom. The molecule has 3 aromatic carbocycles. The van der Waals surface area contributed by atoms with Gasteiger partial charge in [-0.1, -0.05) is 41.4 Å². The van der Waals surface area contributed by atoms with Gasteiger partial charge in [0, 0.05) is 17.7 Å². The molecule has 15 heteroatoms. The Morgan fingerprint density at radius 3 is 2.50 bits per heavy atom. The summed E-state index contributed by atoms with van der Waals surface area (Å²) in [6, 6.07) is 14.7. The molecule has 1 atom stereocenters. The van der Waals surface area contributed by atoms with E-state index in [9.17, 15) is 19.5 Å². The zero-order valence-electron chi connectivity index (χ0n) is 24.7. The molecule has 0 radical (unpaired) electrons. The first-order valence-corrected chi connectivity index (χ1v) is 14.7. The standard InChI is InChI=1S/C31H31ClN10O4/c1-16-4-12-20(21(15-16)27-39-41-42-40-27)29(44)35-14-2-3-23(30(45)46)36-28(43)19-9-6-17(7-10-19)5-8-18-11-13-22-24(25(18)32)26(33)38-31(34)37-22/h4,6-7,9-13,15,23H,2-3,5,8,14H2,1H3,(H,35,44)(H,36,43)(H,45,46)(H4,33,34,37,38)(H,39,40,41,42)/t23-/m0/s1. The Balaban J connectivity index is 1.13. The van der Waals surface area contributed by atoms with Crippen molar-refractivity contribution < 1.29 is 19.5 Å². The average Bonchev–Trinajstić information content (AvgIpc) is 3.57. The number of hydrogen-bond acceptors (Lipinski definition) is 10. The molecule has 2 amide bonds. The zero-order valence-corrected chi connectivity index (χ0v) is 25.5. The quantitative estimate of drug-likeness (QED) is 0.108. The second kappa shape index (κ2) is 14.0. The van der Waals surface area contributed by atoms with Gasteiger partial charge in [0.2, 0.25) is 11.8 Å². The van der Waals surface area contributed by atoms with Gasteiger partial charge < -0.3 is 27.2 Å². The Bertz CT molecular complexity index is 1900. The largest absolute Gasteiger partial charge is 0.480 e. The van der Waals surface area contributed by atoms with Crippen LogP contribution in [0.25, 0.3) is 22.3 Å².